The van der Waals surface area contributed by atoms with E-state index >= 15 is 0 Å². The van der Waals surface area contributed by atoms with E-state index in [0.717, 1.165) is 0 Å². The minimum Gasteiger partial charge on any atom is -0.368 e. The third-order valence-corrected chi connectivity index (χ3v) is 0.878. The molecule has 60 valence electrons. The van der Waals surface area contributed by atoms with Crippen molar-refractivity contribution in [2.24, 2.45) is 5.41 Å². The molecule has 0 aliphatic carbocycles. The first-order valence-electron chi connectivity index (χ1n) is 3.24. The van der Waals surface area contributed by atoms with Crippen LogP contribution in [0.2, 0.25) is 0 Å². The van der Waals surface area contributed by atoms with Crippen LogP contribution in [0.25, 0.3) is 0 Å². The SMILES string of the molecule is CN(C)OC(=O)C(C)(C)C. The predicted octanol–water partition coefficient (Wildman–Crippen LogP) is 1.05. The Morgan fingerprint density at radius 2 is 1.70 bits per heavy atom. The van der Waals surface area contributed by atoms with Gasteiger partial charge in [-0.15, -0.1) is 5.06 Å². The summed E-state index contributed by atoms with van der Waals surface area (Å²) in [5.41, 5.74) is -0.412. The van der Waals surface area contributed by atoms with Gasteiger partial charge >= 0.3 is 5.97 Å². The first-order valence-corrected chi connectivity index (χ1v) is 3.24. The van der Waals surface area contributed by atoms with Gasteiger partial charge < -0.3 is 4.84 Å². The maximum Gasteiger partial charge on any atom is 0.330 e. The smallest absolute Gasteiger partial charge is 0.330 e. The molecule has 0 saturated heterocycles. The van der Waals surface area contributed by atoms with Gasteiger partial charge in [0.15, 0.2) is 0 Å². The summed E-state index contributed by atoms with van der Waals surface area (Å²) in [4.78, 5) is 15.8. The molecule has 0 aromatic heterocycles. The summed E-state index contributed by atoms with van der Waals surface area (Å²) in [7, 11) is 3.37. The zero-order valence-electron chi connectivity index (χ0n) is 7.26. The quantitative estimate of drug-likeness (QED) is 0.516. The summed E-state index contributed by atoms with van der Waals surface area (Å²) < 4.78 is 0. The molecule has 0 rings (SSSR count). The van der Waals surface area contributed by atoms with Crippen LogP contribution >= 0.6 is 0 Å². The molecule has 0 N–H and O–H groups in total. The average Bonchev–Trinajstić information content (AvgIpc) is 1.60. The maximum atomic E-state index is 11.0. The lowest BCUT2D eigenvalue weighted by molar-refractivity contribution is -0.188. The van der Waals surface area contributed by atoms with E-state index in [1.54, 1.807) is 14.1 Å². The molecule has 0 atom stereocenters. The van der Waals surface area contributed by atoms with E-state index in [9.17, 15) is 4.79 Å². The molecule has 0 aromatic carbocycles. The third kappa shape index (κ3) is 3.45. The van der Waals surface area contributed by atoms with Crippen molar-refractivity contribution in [1.29, 1.82) is 0 Å². The van der Waals surface area contributed by atoms with Gasteiger partial charge in [0.25, 0.3) is 0 Å². The second kappa shape index (κ2) is 3.01. The molecule has 0 radical (unpaired) electrons. The number of rotatable bonds is 1. The molecule has 0 unspecified atom stereocenters. The molecule has 0 spiro atoms. The van der Waals surface area contributed by atoms with Gasteiger partial charge in [0.2, 0.25) is 0 Å². The summed E-state index contributed by atoms with van der Waals surface area (Å²) in [6.45, 7) is 5.45. The van der Waals surface area contributed by atoms with Crippen molar-refractivity contribution >= 4 is 5.97 Å². The lowest BCUT2D eigenvalue weighted by atomic mass is 9.98. The molecule has 0 fully saturated rings. The topological polar surface area (TPSA) is 29.5 Å². The summed E-state index contributed by atoms with van der Waals surface area (Å²) in [6.07, 6.45) is 0. The van der Waals surface area contributed by atoms with Crippen molar-refractivity contribution in [3.8, 4) is 0 Å². The van der Waals surface area contributed by atoms with Gasteiger partial charge in [0, 0.05) is 14.1 Å². The van der Waals surface area contributed by atoms with Gasteiger partial charge in [-0.25, -0.2) is 4.79 Å². The minimum atomic E-state index is -0.412. The fraction of sp³-hybridized carbons (Fsp3) is 0.857. The van der Waals surface area contributed by atoms with E-state index < -0.39 is 5.41 Å². The number of nitrogens with zero attached hydrogens (tertiary/aromatic N) is 1. The largest absolute Gasteiger partial charge is 0.368 e. The first-order chi connectivity index (χ1) is 4.34. The van der Waals surface area contributed by atoms with E-state index in [2.05, 4.69) is 0 Å². The van der Waals surface area contributed by atoms with Gasteiger partial charge in [-0.05, 0) is 20.8 Å². The van der Waals surface area contributed by atoms with Crippen molar-refractivity contribution < 1.29 is 9.63 Å². The number of carbonyl (C=O) groups is 1. The molecule has 0 saturated carbocycles. The van der Waals surface area contributed by atoms with Crippen LogP contribution in [0.3, 0.4) is 0 Å². The minimum absolute atomic E-state index is 0.211. The highest BCUT2D eigenvalue weighted by Gasteiger charge is 2.23. The Balaban J connectivity index is 3.87. The lowest BCUT2D eigenvalue weighted by Gasteiger charge is -2.18. The van der Waals surface area contributed by atoms with Crippen molar-refractivity contribution in [2.45, 2.75) is 20.8 Å². The van der Waals surface area contributed by atoms with Crippen molar-refractivity contribution in [3.05, 3.63) is 0 Å². The molecule has 10 heavy (non-hydrogen) atoms. The first kappa shape index (κ1) is 9.43. The van der Waals surface area contributed by atoms with Crippen LogP contribution in [0.4, 0.5) is 0 Å². The summed E-state index contributed by atoms with van der Waals surface area (Å²) in [5, 5.41) is 1.40. The summed E-state index contributed by atoms with van der Waals surface area (Å²) in [5.74, 6) is -0.211. The van der Waals surface area contributed by atoms with E-state index in [-0.39, 0.29) is 5.97 Å². The fourth-order valence-electron chi connectivity index (χ4n) is 0.303. The number of hydrogen-bond acceptors (Lipinski definition) is 3. The Morgan fingerprint density at radius 3 is 1.80 bits per heavy atom. The molecule has 0 aliphatic rings. The Hall–Kier alpha value is -0.570. The van der Waals surface area contributed by atoms with Crippen molar-refractivity contribution in [2.75, 3.05) is 14.1 Å². The molecular weight excluding hydrogens is 130 g/mol. The van der Waals surface area contributed by atoms with Crippen LogP contribution in [-0.4, -0.2) is 25.1 Å². The molecule has 0 bridgehead atoms. The normalized spacial score (nSPS) is 11.8. The fourth-order valence-corrected chi connectivity index (χ4v) is 0.303. The predicted molar refractivity (Wildman–Crippen MR) is 39.2 cm³/mol. The molecule has 3 nitrogen and oxygen atoms in total. The number of carbonyl (C=O) groups excluding carboxylic acids is 1. The van der Waals surface area contributed by atoms with Gasteiger partial charge in [-0.3, -0.25) is 0 Å². The maximum absolute atomic E-state index is 11.0. The molecule has 0 aliphatic heterocycles. The van der Waals surface area contributed by atoms with Gasteiger partial charge in [-0.2, -0.15) is 0 Å². The van der Waals surface area contributed by atoms with E-state index in [0.29, 0.717) is 0 Å². The zero-order chi connectivity index (χ0) is 8.36. The second-order valence-corrected chi connectivity index (χ2v) is 3.44. The number of hydrogen-bond donors (Lipinski definition) is 0. The molecule has 3 heteroatoms. The Bertz CT molecular complexity index is 124. The Labute approximate surface area is 61.9 Å². The molecule has 0 aromatic rings. The highest BCUT2D eigenvalue weighted by atomic mass is 16.7. The molecule has 0 amide bonds. The highest BCUT2D eigenvalue weighted by molar-refractivity contribution is 5.74. The lowest BCUT2D eigenvalue weighted by Crippen LogP contribution is -2.28. The van der Waals surface area contributed by atoms with Crippen LogP contribution in [-0.2, 0) is 9.63 Å². The van der Waals surface area contributed by atoms with Crippen molar-refractivity contribution in [3.63, 3.8) is 0 Å². The average molecular weight is 145 g/mol. The van der Waals surface area contributed by atoms with Crippen LogP contribution < -0.4 is 0 Å². The Kier molecular flexibility index (Phi) is 2.84. The zero-order valence-corrected chi connectivity index (χ0v) is 7.26. The van der Waals surface area contributed by atoms with Crippen LogP contribution in [0.15, 0.2) is 0 Å². The number of hydroxylamine groups is 2. The summed E-state index contributed by atoms with van der Waals surface area (Å²) >= 11 is 0. The van der Waals surface area contributed by atoms with E-state index in [4.69, 9.17) is 4.84 Å². The van der Waals surface area contributed by atoms with E-state index in [1.165, 1.54) is 5.06 Å². The van der Waals surface area contributed by atoms with Gasteiger partial charge in [0.05, 0.1) is 5.41 Å². The van der Waals surface area contributed by atoms with Crippen LogP contribution in [0, 0.1) is 5.41 Å². The van der Waals surface area contributed by atoms with Gasteiger partial charge in [0.1, 0.15) is 0 Å². The van der Waals surface area contributed by atoms with Gasteiger partial charge in [-0.1, -0.05) is 0 Å². The standard InChI is InChI=1S/C7H15NO2/c1-7(2,3)6(9)10-8(4)5/h1-5H3. The highest BCUT2D eigenvalue weighted by Crippen LogP contribution is 2.14. The van der Waals surface area contributed by atoms with Crippen LogP contribution in [0.1, 0.15) is 20.8 Å². The van der Waals surface area contributed by atoms with E-state index in [1.807, 2.05) is 20.8 Å². The summed E-state index contributed by atoms with van der Waals surface area (Å²) in [6, 6.07) is 0. The third-order valence-electron chi connectivity index (χ3n) is 0.878. The Morgan fingerprint density at radius 1 is 1.30 bits per heavy atom. The van der Waals surface area contributed by atoms with Crippen LogP contribution in [0.5, 0.6) is 0 Å². The second-order valence-electron chi connectivity index (χ2n) is 3.44. The molecule has 0 heterocycles. The monoisotopic (exact) mass is 145 g/mol. The van der Waals surface area contributed by atoms with Crippen molar-refractivity contribution in [1.82, 2.24) is 5.06 Å². The molecular formula is C7H15NO2.